The third-order valence-corrected chi connectivity index (χ3v) is 4.95. The standard InChI is InChI=1S/C21H13ClF6N4O4/c1-9-6-10(2)15-11(7-9)18(33)34-17(30-15)13-8-14(31-32(13)16-12(22)4-3-5-29-16)35-20(24,25)19(23)36-21(26,27)28/h3-8,19H,1-2H3. The van der Waals surface area contributed by atoms with E-state index in [9.17, 15) is 31.1 Å². The van der Waals surface area contributed by atoms with E-state index in [1.165, 1.54) is 24.4 Å². The fraction of sp³-hybridized carbons (Fsp3) is 0.238. The van der Waals surface area contributed by atoms with Gasteiger partial charge in [0.25, 0.3) is 0 Å². The second kappa shape index (κ2) is 9.09. The second-order valence-corrected chi connectivity index (χ2v) is 7.82. The highest BCUT2D eigenvalue weighted by Crippen LogP contribution is 2.34. The van der Waals surface area contributed by atoms with Crippen LogP contribution < -0.4 is 10.4 Å². The third-order valence-electron chi connectivity index (χ3n) is 4.66. The minimum Gasteiger partial charge on any atom is -0.409 e. The quantitative estimate of drug-likeness (QED) is 0.301. The molecule has 0 fully saturated rings. The predicted octanol–water partition coefficient (Wildman–Crippen LogP) is 5.51. The SMILES string of the molecule is Cc1cc(C)c2nc(-c3cc(OC(F)(F)C(F)OC(F)(F)F)nn3-c3ncccc3Cl)oc(=O)c2c1. The first kappa shape index (κ1) is 25.4. The molecule has 4 aromatic rings. The first-order valence-electron chi connectivity index (χ1n) is 9.84. The lowest BCUT2D eigenvalue weighted by Crippen LogP contribution is -2.41. The molecule has 0 N–H and O–H groups in total. The van der Waals surface area contributed by atoms with Crippen LogP contribution in [0.15, 0.2) is 45.7 Å². The molecule has 1 atom stereocenters. The number of benzene rings is 1. The van der Waals surface area contributed by atoms with Crippen LogP contribution in [0.3, 0.4) is 0 Å². The van der Waals surface area contributed by atoms with E-state index in [1.54, 1.807) is 19.9 Å². The fourth-order valence-electron chi connectivity index (χ4n) is 3.27. The Labute approximate surface area is 202 Å². The number of rotatable bonds is 6. The molecule has 1 aromatic carbocycles. The van der Waals surface area contributed by atoms with Crippen LogP contribution in [0.2, 0.25) is 5.02 Å². The van der Waals surface area contributed by atoms with Crippen LogP contribution in [0.1, 0.15) is 11.1 Å². The molecule has 3 heterocycles. The van der Waals surface area contributed by atoms with Crippen molar-refractivity contribution in [3.8, 4) is 23.3 Å². The van der Waals surface area contributed by atoms with Crippen LogP contribution in [0.25, 0.3) is 28.3 Å². The summed E-state index contributed by atoms with van der Waals surface area (Å²) in [7, 11) is 0. The van der Waals surface area contributed by atoms with Crippen molar-refractivity contribution in [2.75, 3.05) is 0 Å². The molecule has 36 heavy (non-hydrogen) atoms. The highest BCUT2D eigenvalue weighted by Gasteiger charge is 2.51. The highest BCUT2D eigenvalue weighted by atomic mass is 35.5. The van der Waals surface area contributed by atoms with Gasteiger partial charge in [0.05, 0.1) is 15.9 Å². The van der Waals surface area contributed by atoms with Crippen molar-refractivity contribution in [2.45, 2.75) is 32.7 Å². The lowest BCUT2D eigenvalue weighted by molar-refractivity contribution is -0.411. The molecule has 0 aliphatic heterocycles. The molecule has 0 amide bonds. The number of hydrogen-bond donors (Lipinski definition) is 0. The van der Waals surface area contributed by atoms with Crippen LogP contribution in [-0.2, 0) is 4.74 Å². The Hall–Kier alpha value is -3.65. The zero-order valence-electron chi connectivity index (χ0n) is 18.1. The number of halogens is 7. The summed E-state index contributed by atoms with van der Waals surface area (Å²) in [5.41, 5.74) is 0.451. The van der Waals surface area contributed by atoms with E-state index >= 15 is 0 Å². The molecule has 3 aromatic heterocycles. The number of aryl methyl sites for hydroxylation is 2. The van der Waals surface area contributed by atoms with E-state index < -0.39 is 36.2 Å². The van der Waals surface area contributed by atoms with E-state index in [2.05, 4.69) is 24.5 Å². The summed E-state index contributed by atoms with van der Waals surface area (Å²) in [6, 6.07) is 6.83. The molecular formula is C21H13ClF6N4O4. The average Bonchev–Trinajstić information content (AvgIpc) is 3.16. The zero-order valence-corrected chi connectivity index (χ0v) is 18.9. The van der Waals surface area contributed by atoms with Crippen molar-refractivity contribution in [3.05, 3.63) is 63.1 Å². The molecule has 8 nitrogen and oxygen atoms in total. The maximum Gasteiger partial charge on any atom is 0.525 e. The zero-order chi connectivity index (χ0) is 26.4. The van der Waals surface area contributed by atoms with Gasteiger partial charge in [-0.3, -0.25) is 0 Å². The molecule has 0 saturated heterocycles. The van der Waals surface area contributed by atoms with Crippen molar-refractivity contribution >= 4 is 22.5 Å². The summed E-state index contributed by atoms with van der Waals surface area (Å²) in [5, 5.41) is 3.79. The smallest absolute Gasteiger partial charge is 0.409 e. The summed E-state index contributed by atoms with van der Waals surface area (Å²) in [4.78, 5) is 20.9. The number of aromatic nitrogens is 4. The maximum atomic E-state index is 14.0. The van der Waals surface area contributed by atoms with Gasteiger partial charge in [-0.25, -0.2) is 28.6 Å². The molecule has 0 spiro atoms. The monoisotopic (exact) mass is 534 g/mol. The Morgan fingerprint density at radius 1 is 1.14 bits per heavy atom. The topological polar surface area (TPSA) is 92.3 Å². The number of alkyl halides is 6. The summed E-state index contributed by atoms with van der Waals surface area (Å²) < 4.78 is 91.0. The first-order chi connectivity index (χ1) is 16.7. The first-order valence-corrected chi connectivity index (χ1v) is 10.2. The molecule has 0 aliphatic carbocycles. The molecule has 0 saturated carbocycles. The van der Waals surface area contributed by atoms with Crippen LogP contribution in [0.5, 0.6) is 5.88 Å². The Kier molecular flexibility index (Phi) is 6.43. The van der Waals surface area contributed by atoms with Crippen LogP contribution in [0.4, 0.5) is 26.3 Å². The lowest BCUT2D eigenvalue weighted by Gasteiger charge is -2.20. The Bertz CT molecular complexity index is 1500. The second-order valence-electron chi connectivity index (χ2n) is 7.42. The number of hydrogen-bond acceptors (Lipinski definition) is 7. The minimum atomic E-state index is -5.70. The van der Waals surface area contributed by atoms with E-state index in [1.807, 2.05) is 0 Å². The van der Waals surface area contributed by atoms with Crippen molar-refractivity contribution in [3.63, 3.8) is 0 Å². The normalized spacial score (nSPS) is 13.2. The van der Waals surface area contributed by atoms with Gasteiger partial charge in [0.2, 0.25) is 11.8 Å². The molecule has 1 unspecified atom stereocenters. The van der Waals surface area contributed by atoms with Crippen molar-refractivity contribution < 1.29 is 40.2 Å². The molecule has 190 valence electrons. The summed E-state index contributed by atoms with van der Waals surface area (Å²) in [6.07, 6.45) is -13.8. The molecule has 0 bridgehead atoms. The predicted molar refractivity (Wildman–Crippen MR) is 113 cm³/mol. The fourth-order valence-corrected chi connectivity index (χ4v) is 3.47. The van der Waals surface area contributed by atoms with Gasteiger partial charge in [-0.1, -0.05) is 17.7 Å². The van der Waals surface area contributed by atoms with Gasteiger partial charge < -0.3 is 9.15 Å². The highest BCUT2D eigenvalue weighted by molar-refractivity contribution is 6.32. The molecule has 15 heteroatoms. The molecule has 0 aliphatic rings. The maximum absolute atomic E-state index is 14.0. The minimum absolute atomic E-state index is 0.0427. The lowest BCUT2D eigenvalue weighted by atomic mass is 10.1. The van der Waals surface area contributed by atoms with Gasteiger partial charge in [0, 0.05) is 12.3 Å². The van der Waals surface area contributed by atoms with Gasteiger partial charge in [-0.15, -0.1) is 18.3 Å². The Morgan fingerprint density at radius 3 is 2.53 bits per heavy atom. The third kappa shape index (κ3) is 5.14. The summed E-state index contributed by atoms with van der Waals surface area (Å²) in [6.45, 7) is 3.43. The van der Waals surface area contributed by atoms with Gasteiger partial charge in [-0.05, 0) is 43.2 Å². The van der Waals surface area contributed by atoms with Crippen LogP contribution in [0, 0.1) is 13.8 Å². The number of nitrogens with zero attached hydrogens (tertiary/aromatic N) is 4. The molecule has 4 rings (SSSR count). The van der Waals surface area contributed by atoms with Crippen molar-refractivity contribution in [1.29, 1.82) is 0 Å². The van der Waals surface area contributed by atoms with E-state index in [4.69, 9.17) is 16.0 Å². The molecule has 0 radical (unpaired) electrons. The summed E-state index contributed by atoms with van der Waals surface area (Å²) in [5.74, 6) is -1.67. The van der Waals surface area contributed by atoms with Crippen molar-refractivity contribution in [2.24, 2.45) is 0 Å². The van der Waals surface area contributed by atoms with E-state index in [0.717, 1.165) is 16.3 Å². The van der Waals surface area contributed by atoms with Crippen LogP contribution in [-0.4, -0.2) is 38.6 Å². The Morgan fingerprint density at radius 2 is 1.86 bits per heavy atom. The Balaban J connectivity index is 1.86. The average molecular weight is 535 g/mol. The number of fused-ring (bicyclic) bond motifs is 1. The van der Waals surface area contributed by atoms with Gasteiger partial charge in [-0.2, -0.15) is 8.78 Å². The summed E-state index contributed by atoms with van der Waals surface area (Å²) >= 11 is 6.12. The van der Waals surface area contributed by atoms with E-state index in [0.29, 0.717) is 5.56 Å². The number of pyridine rings is 1. The van der Waals surface area contributed by atoms with Gasteiger partial charge in [0.15, 0.2) is 5.82 Å². The van der Waals surface area contributed by atoms with Crippen LogP contribution >= 0.6 is 11.6 Å². The van der Waals surface area contributed by atoms with Gasteiger partial charge >= 0.3 is 24.5 Å². The largest absolute Gasteiger partial charge is 0.525 e. The molecular weight excluding hydrogens is 522 g/mol. The van der Waals surface area contributed by atoms with E-state index in [-0.39, 0.29) is 27.4 Å². The number of ether oxygens (including phenoxy) is 2. The van der Waals surface area contributed by atoms with Crippen molar-refractivity contribution in [1.82, 2.24) is 19.7 Å². The van der Waals surface area contributed by atoms with Gasteiger partial charge in [0.1, 0.15) is 5.69 Å².